The lowest BCUT2D eigenvalue weighted by Gasteiger charge is -2.26. The first-order chi connectivity index (χ1) is 18.0. The van der Waals surface area contributed by atoms with Crippen LogP contribution in [-0.4, -0.2) is 58.0 Å². The number of imidazole rings is 1. The Morgan fingerprint density at radius 3 is 2.59 bits per heavy atom. The molecule has 0 atom stereocenters. The van der Waals surface area contributed by atoms with Gasteiger partial charge in [-0.15, -0.1) is 0 Å². The van der Waals surface area contributed by atoms with Gasteiger partial charge in [0.25, 0.3) is 5.91 Å². The second kappa shape index (κ2) is 13.1. The Balaban J connectivity index is 1.49. The topological polar surface area (TPSA) is 53.4 Å². The summed E-state index contributed by atoms with van der Waals surface area (Å²) in [6.07, 6.45) is 5.57. The maximum absolute atomic E-state index is 14.4. The number of nitrogens with one attached hydrogen (secondary N) is 1. The Morgan fingerprint density at radius 1 is 1.03 bits per heavy atom. The van der Waals surface area contributed by atoms with Crippen molar-refractivity contribution in [1.82, 2.24) is 24.7 Å². The highest BCUT2D eigenvalue weighted by molar-refractivity contribution is 5.94. The van der Waals surface area contributed by atoms with E-state index in [0.29, 0.717) is 13.0 Å². The second-order valence-electron chi connectivity index (χ2n) is 9.93. The van der Waals surface area contributed by atoms with Gasteiger partial charge in [-0.2, -0.15) is 0 Å². The lowest BCUT2D eigenvalue weighted by molar-refractivity contribution is 0.0732. The van der Waals surface area contributed by atoms with E-state index in [4.69, 9.17) is 4.98 Å². The van der Waals surface area contributed by atoms with Gasteiger partial charge in [0, 0.05) is 32.7 Å². The van der Waals surface area contributed by atoms with E-state index in [0.717, 1.165) is 67.7 Å². The molecular formula is C29H39F2N5O. The first-order valence-electron chi connectivity index (χ1n) is 13.7. The molecule has 1 aromatic heterocycles. The summed E-state index contributed by atoms with van der Waals surface area (Å²) in [6, 6.07) is 9.33. The fraction of sp³-hybridized carbons (Fsp3) is 0.517. The molecule has 6 nitrogen and oxygen atoms in total. The molecule has 0 spiro atoms. The molecule has 2 aromatic carbocycles. The number of carbonyl (C=O) groups excluding carboxylic acids is 1. The predicted molar refractivity (Wildman–Crippen MR) is 143 cm³/mol. The van der Waals surface area contributed by atoms with E-state index in [9.17, 15) is 13.6 Å². The lowest BCUT2D eigenvalue weighted by atomic mass is 10.1. The molecule has 1 fully saturated rings. The van der Waals surface area contributed by atoms with E-state index in [1.807, 2.05) is 6.92 Å². The van der Waals surface area contributed by atoms with Crippen LogP contribution in [0.1, 0.15) is 67.7 Å². The number of aryl methyl sites for hydroxylation is 1. The number of likely N-dealkylation sites (tertiary alicyclic amines) is 1. The van der Waals surface area contributed by atoms with Crippen LogP contribution in [-0.2, 0) is 19.6 Å². The number of hydrogen-bond acceptors (Lipinski definition) is 4. The molecule has 37 heavy (non-hydrogen) atoms. The van der Waals surface area contributed by atoms with E-state index in [-0.39, 0.29) is 12.1 Å². The van der Waals surface area contributed by atoms with Crippen LogP contribution in [0.2, 0.25) is 0 Å². The average Bonchev–Trinajstić information content (AvgIpc) is 3.24. The molecule has 1 saturated heterocycles. The number of nitrogens with zero attached hydrogens (tertiary/aromatic N) is 4. The number of rotatable bonds is 12. The zero-order valence-electron chi connectivity index (χ0n) is 22.1. The monoisotopic (exact) mass is 511 g/mol. The fourth-order valence-electron chi connectivity index (χ4n) is 5.11. The van der Waals surface area contributed by atoms with E-state index >= 15 is 0 Å². The fourth-order valence-corrected chi connectivity index (χ4v) is 5.11. The summed E-state index contributed by atoms with van der Waals surface area (Å²) in [4.78, 5) is 22.2. The van der Waals surface area contributed by atoms with E-state index in [2.05, 4.69) is 39.9 Å². The zero-order valence-corrected chi connectivity index (χ0v) is 22.1. The van der Waals surface area contributed by atoms with Gasteiger partial charge in [0.2, 0.25) is 0 Å². The van der Waals surface area contributed by atoms with E-state index < -0.39 is 17.5 Å². The summed E-state index contributed by atoms with van der Waals surface area (Å²) < 4.78 is 30.3. The molecule has 0 saturated carbocycles. The quantitative estimate of drug-likeness (QED) is 0.333. The number of carbonyl (C=O) groups is 1. The Morgan fingerprint density at radius 2 is 1.84 bits per heavy atom. The number of aromatic nitrogens is 2. The van der Waals surface area contributed by atoms with Crippen LogP contribution in [0, 0.1) is 11.6 Å². The first-order valence-corrected chi connectivity index (χ1v) is 13.7. The van der Waals surface area contributed by atoms with Crippen LogP contribution in [0.25, 0.3) is 11.0 Å². The molecule has 1 amide bonds. The second-order valence-corrected chi connectivity index (χ2v) is 9.93. The Labute approximate surface area is 218 Å². The summed E-state index contributed by atoms with van der Waals surface area (Å²) in [7, 11) is 0. The minimum absolute atomic E-state index is 0.237. The van der Waals surface area contributed by atoms with Gasteiger partial charge in [-0.3, -0.25) is 4.79 Å². The predicted octanol–water partition coefficient (Wildman–Crippen LogP) is 5.35. The third-order valence-electron chi connectivity index (χ3n) is 6.99. The van der Waals surface area contributed by atoms with Crippen LogP contribution in [0.4, 0.5) is 8.78 Å². The zero-order chi connectivity index (χ0) is 26.2. The Hall–Kier alpha value is -2.84. The smallest absolute Gasteiger partial charge is 0.257 e. The molecule has 0 radical (unpaired) electrons. The molecule has 1 N–H and O–H groups in total. The van der Waals surface area contributed by atoms with Crippen molar-refractivity contribution >= 4 is 16.9 Å². The Bertz CT molecular complexity index is 1190. The van der Waals surface area contributed by atoms with Gasteiger partial charge < -0.3 is 19.7 Å². The third kappa shape index (κ3) is 6.93. The summed E-state index contributed by atoms with van der Waals surface area (Å²) in [5.74, 6) is -1.11. The molecule has 0 unspecified atom stereocenters. The van der Waals surface area contributed by atoms with Crippen LogP contribution in [0.15, 0.2) is 36.4 Å². The molecule has 1 aliphatic heterocycles. The normalized spacial score (nSPS) is 14.4. The minimum Gasteiger partial charge on any atom is -0.331 e. The number of benzene rings is 2. The van der Waals surface area contributed by atoms with Crippen molar-refractivity contribution in [2.24, 2.45) is 0 Å². The number of halogens is 2. The van der Waals surface area contributed by atoms with Gasteiger partial charge in [0.1, 0.15) is 17.5 Å². The van der Waals surface area contributed by atoms with E-state index in [1.54, 1.807) is 4.90 Å². The van der Waals surface area contributed by atoms with Crippen LogP contribution in [0.5, 0.6) is 0 Å². The first kappa shape index (κ1) is 27.2. The van der Waals surface area contributed by atoms with Crippen molar-refractivity contribution in [2.45, 2.75) is 65.6 Å². The highest BCUT2D eigenvalue weighted by Crippen LogP contribution is 2.22. The van der Waals surface area contributed by atoms with Crippen LogP contribution in [0.3, 0.4) is 0 Å². The molecule has 3 aromatic rings. The standard InChI is InChI=1S/C29H39F2N5O/c1-3-13-35(29(37)24-19-23(30)9-10-25(24)31)21-28-33-26-18-22(8-11-27(26)36(28)14-4-2)20-32-12-17-34-15-6-5-7-16-34/h8-11,18-19,32H,3-7,12-17,20-21H2,1-2H3. The summed E-state index contributed by atoms with van der Waals surface area (Å²) in [5, 5.41) is 3.56. The van der Waals surface area contributed by atoms with Crippen molar-refractivity contribution in [1.29, 1.82) is 0 Å². The van der Waals surface area contributed by atoms with Crippen LogP contribution >= 0.6 is 0 Å². The summed E-state index contributed by atoms with van der Waals surface area (Å²) in [6.45, 7) is 10.7. The summed E-state index contributed by atoms with van der Waals surface area (Å²) >= 11 is 0. The van der Waals surface area contributed by atoms with Crippen molar-refractivity contribution < 1.29 is 13.6 Å². The van der Waals surface area contributed by atoms with Crippen molar-refractivity contribution in [3.8, 4) is 0 Å². The highest BCUT2D eigenvalue weighted by Gasteiger charge is 2.22. The maximum atomic E-state index is 14.4. The van der Waals surface area contributed by atoms with Crippen LogP contribution < -0.4 is 5.32 Å². The average molecular weight is 512 g/mol. The minimum atomic E-state index is -0.716. The third-order valence-corrected chi connectivity index (χ3v) is 6.99. The van der Waals surface area contributed by atoms with Gasteiger partial charge in [0.15, 0.2) is 0 Å². The Kier molecular flexibility index (Phi) is 9.63. The maximum Gasteiger partial charge on any atom is 0.257 e. The van der Waals surface area contributed by atoms with Gasteiger partial charge in [-0.1, -0.05) is 26.3 Å². The molecular weight excluding hydrogens is 472 g/mol. The number of piperidine rings is 1. The largest absolute Gasteiger partial charge is 0.331 e. The molecule has 4 rings (SSSR count). The van der Waals surface area contributed by atoms with Gasteiger partial charge in [-0.05, 0) is 74.7 Å². The highest BCUT2D eigenvalue weighted by atomic mass is 19.1. The molecule has 0 aliphatic carbocycles. The van der Waals surface area contributed by atoms with Gasteiger partial charge in [-0.25, -0.2) is 13.8 Å². The van der Waals surface area contributed by atoms with Gasteiger partial charge in [0.05, 0.1) is 23.1 Å². The molecule has 8 heteroatoms. The van der Waals surface area contributed by atoms with E-state index in [1.165, 1.54) is 37.9 Å². The molecule has 1 aliphatic rings. The number of amides is 1. The number of fused-ring (bicyclic) bond motifs is 1. The van der Waals surface area contributed by atoms with Crippen molar-refractivity contribution in [3.05, 3.63) is 65.0 Å². The molecule has 200 valence electrons. The molecule has 2 heterocycles. The number of hydrogen-bond donors (Lipinski definition) is 1. The molecule has 0 bridgehead atoms. The SMILES string of the molecule is CCCN(Cc1nc2cc(CNCCN3CCCCC3)ccc2n1CCC)C(=O)c1cc(F)ccc1F. The van der Waals surface area contributed by atoms with Crippen molar-refractivity contribution in [2.75, 3.05) is 32.7 Å². The van der Waals surface area contributed by atoms with Crippen molar-refractivity contribution in [3.63, 3.8) is 0 Å². The van der Waals surface area contributed by atoms with Gasteiger partial charge >= 0.3 is 0 Å². The summed E-state index contributed by atoms with van der Waals surface area (Å²) in [5.41, 5.74) is 2.83. The lowest BCUT2D eigenvalue weighted by Crippen LogP contribution is -2.35.